The van der Waals surface area contributed by atoms with Crippen molar-refractivity contribution in [1.29, 1.82) is 0 Å². The lowest BCUT2D eigenvalue weighted by molar-refractivity contribution is -0.384. The first-order valence-corrected chi connectivity index (χ1v) is 6.11. The van der Waals surface area contributed by atoms with Gasteiger partial charge in [-0.25, -0.2) is 0 Å². The maximum atomic E-state index is 10.5. The first-order valence-electron chi connectivity index (χ1n) is 6.11. The van der Waals surface area contributed by atoms with Gasteiger partial charge in [-0.2, -0.15) is 0 Å². The molecule has 0 atom stereocenters. The van der Waals surface area contributed by atoms with Crippen molar-refractivity contribution in [3.63, 3.8) is 0 Å². The molecule has 2 rings (SSSR count). The van der Waals surface area contributed by atoms with Crippen molar-refractivity contribution in [1.82, 2.24) is 4.98 Å². The minimum atomic E-state index is -0.448. The Kier molecular flexibility index (Phi) is 4.62. The molecule has 6 heteroatoms. The van der Waals surface area contributed by atoms with E-state index >= 15 is 0 Å². The Hall–Kier alpha value is -2.47. The zero-order chi connectivity index (χ0) is 14.4. The lowest BCUT2D eigenvalue weighted by Crippen LogP contribution is -2.03. The van der Waals surface area contributed by atoms with Gasteiger partial charge in [0.1, 0.15) is 5.75 Å². The molecule has 0 unspecified atom stereocenters. The van der Waals surface area contributed by atoms with Crippen LogP contribution in [0.4, 0.5) is 5.69 Å². The van der Waals surface area contributed by atoms with E-state index in [0.29, 0.717) is 18.8 Å². The molecule has 104 valence electrons. The van der Waals surface area contributed by atoms with Gasteiger partial charge in [0.2, 0.25) is 0 Å². The summed E-state index contributed by atoms with van der Waals surface area (Å²) in [5.41, 5.74) is 1.67. The zero-order valence-corrected chi connectivity index (χ0v) is 10.7. The van der Waals surface area contributed by atoms with Crippen LogP contribution in [-0.4, -0.2) is 21.6 Å². The number of ether oxygens (including phenoxy) is 1. The summed E-state index contributed by atoms with van der Waals surface area (Å²) >= 11 is 0. The lowest BCUT2D eigenvalue weighted by atomic mass is 10.2. The molecule has 0 radical (unpaired) electrons. The number of aromatic nitrogens is 1. The number of hydrogen-bond donors (Lipinski definition) is 1. The first kappa shape index (κ1) is 14.0. The predicted octanol–water partition coefficient (Wildman–Crippen LogP) is 2.10. The number of aliphatic hydroxyl groups is 1. The Morgan fingerprint density at radius 3 is 2.50 bits per heavy atom. The molecule has 1 N–H and O–H groups in total. The van der Waals surface area contributed by atoms with Gasteiger partial charge < -0.3 is 9.84 Å². The lowest BCUT2D eigenvalue weighted by Gasteiger charge is -2.06. The smallest absolute Gasteiger partial charge is 0.269 e. The highest BCUT2D eigenvalue weighted by Crippen LogP contribution is 2.17. The molecule has 0 aliphatic heterocycles. The van der Waals surface area contributed by atoms with Crippen LogP contribution in [0.15, 0.2) is 42.6 Å². The number of benzene rings is 1. The van der Waals surface area contributed by atoms with Gasteiger partial charge in [0.15, 0.2) is 0 Å². The molecule has 6 nitrogen and oxygen atoms in total. The van der Waals surface area contributed by atoms with Gasteiger partial charge in [0, 0.05) is 30.4 Å². The second-order valence-electron chi connectivity index (χ2n) is 4.17. The van der Waals surface area contributed by atoms with Crippen molar-refractivity contribution in [2.45, 2.75) is 13.0 Å². The van der Waals surface area contributed by atoms with Gasteiger partial charge in [0.25, 0.3) is 5.69 Å². The molecule has 0 aliphatic carbocycles. The van der Waals surface area contributed by atoms with Crippen molar-refractivity contribution in [3.8, 4) is 5.75 Å². The Morgan fingerprint density at radius 1 is 1.20 bits per heavy atom. The quantitative estimate of drug-likeness (QED) is 0.644. The predicted molar refractivity (Wildman–Crippen MR) is 72.5 cm³/mol. The van der Waals surface area contributed by atoms with Crippen molar-refractivity contribution in [2.75, 3.05) is 6.61 Å². The maximum absolute atomic E-state index is 10.5. The van der Waals surface area contributed by atoms with Crippen LogP contribution >= 0.6 is 0 Å². The Balaban J connectivity index is 1.84. The maximum Gasteiger partial charge on any atom is 0.269 e. The number of nitrogens with zero attached hydrogens (tertiary/aromatic N) is 2. The SMILES string of the molecule is O=[N+]([O-])c1ccc(OCCc2ccc(CO)cn2)cc1. The highest BCUT2D eigenvalue weighted by atomic mass is 16.6. The van der Waals surface area contributed by atoms with Gasteiger partial charge >= 0.3 is 0 Å². The summed E-state index contributed by atoms with van der Waals surface area (Å²) in [4.78, 5) is 14.2. The van der Waals surface area contributed by atoms with Crippen molar-refractivity contribution >= 4 is 5.69 Å². The third-order valence-electron chi connectivity index (χ3n) is 2.74. The van der Waals surface area contributed by atoms with E-state index in [-0.39, 0.29) is 12.3 Å². The number of pyridine rings is 1. The average Bonchev–Trinajstić information content (AvgIpc) is 2.48. The molecule has 0 bridgehead atoms. The van der Waals surface area contributed by atoms with Gasteiger partial charge in [-0.15, -0.1) is 0 Å². The normalized spacial score (nSPS) is 10.2. The van der Waals surface area contributed by atoms with E-state index in [9.17, 15) is 10.1 Å². The fourth-order valence-corrected chi connectivity index (χ4v) is 1.63. The standard InChI is InChI=1S/C14H14N2O4/c17-10-11-1-2-12(15-9-11)7-8-20-14-5-3-13(4-6-14)16(18)19/h1-6,9,17H,7-8,10H2. The van der Waals surface area contributed by atoms with E-state index < -0.39 is 4.92 Å². The van der Waals surface area contributed by atoms with E-state index in [0.717, 1.165) is 11.3 Å². The summed E-state index contributed by atoms with van der Waals surface area (Å²) in [6, 6.07) is 9.60. The Morgan fingerprint density at radius 2 is 1.95 bits per heavy atom. The van der Waals surface area contributed by atoms with E-state index in [2.05, 4.69) is 4.98 Å². The summed E-state index contributed by atoms with van der Waals surface area (Å²) in [5, 5.41) is 19.4. The molecule has 0 fully saturated rings. The van der Waals surface area contributed by atoms with E-state index in [1.807, 2.05) is 12.1 Å². The fourth-order valence-electron chi connectivity index (χ4n) is 1.63. The minimum Gasteiger partial charge on any atom is -0.493 e. The van der Waals surface area contributed by atoms with E-state index in [4.69, 9.17) is 9.84 Å². The molecule has 0 amide bonds. The average molecular weight is 274 g/mol. The molecule has 20 heavy (non-hydrogen) atoms. The summed E-state index contributed by atoms with van der Waals surface area (Å²) in [5.74, 6) is 0.586. The topological polar surface area (TPSA) is 85.5 Å². The molecule has 0 spiro atoms. The third-order valence-corrected chi connectivity index (χ3v) is 2.74. The highest BCUT2D eigenvalue weighted by molar-refractivity contribution is 5.35. The number of aliphatic hydroxyl groups excluding tert-OH is 1. The van der Waals surface area contributed by atoms with Gasteiger partial charge in [-0.05, 0) is 23.8 Å². The van der Waals surface area contributed by atoms with Crippen LogP contribution in [0.3, 0.4) is 0 Å². The summed E-state index contributed by atoms with van der Waals surface area (Å²) in [7, 11) is 0. The van der Waals surface area contributed by atoms with Gasteiger partial charge in [-0.3, -0.25) is 15.1 Å². The van der Waals surface area contributed by atoms with Crippen LogP contribution in [0.1, 0.15) is 11.3 Å². The minimum absolute atomic E-state index is 0.0213. The molecule has 1 heterocycles. The molecule has 2 aromatic rings. The summed E-state index contributed by atoms with van der Waals surface area (Å²) in [6.07, 6.45) is 2.25. The van der Waals surface area contributed by atoms with Crippen molar-refractivity contribution in [2.24, 2.45) is 0 Å². The van der Waals surface area contributed by atoms with Gasteiger partial charge in [0.05, 0.1) is 18.1 Å². The summed E-state index contributed by atoms with van der Waals surface area (Å²) in [6.45, 7) is 0.413. The van der Waals surface area contributed by atoms with Gasteiger partial charge in [-0.1, -0.05) is 6.07 Å². The third kappa shape index (κ3) is 3.76. The van der Waals surface area contributed by atoms with E-state index in [1.54, 1.807) is 18.3 Å². The molecular weight excluding hydrogens is 260 g/mol. The Bertz CT molecular complexity index is 567. The van der Waals surface area contributed by atoms with Crippen LogP contribution < -0.4 is 4.74 Å². The number of rotatable bonds is 6. The molecule has 0 saturated heterocycles. The second kappa shape index (κ2) is 6.63. The molecule has 0 aliphatic rings. The second-order valence-corrected chi connectivity index (χ2v) is 4.17. The van der Waals surface area contributed by atoms with Crippen LogP contribution in [0, 0.1) is 10.1 Å². The first-order chi connectivity index (χ1) is 9.69. The van der Waals surface area contributed by atoms with Crippen molar-refractivity contribution < 1.29 is 14.8 Å². The number of hydrogen-bond acceptors (Lipinski definition) is 5. The summed E-state index contributed by atoms with van der Waals surface area (Å²) < 4.78 is 5.49. The zero-order valence-electron chi connectivity index (χ0n) is 10.7. The van der Waals surface area contributed by atoms with Crippen LogP contribution in [0.25, 0.3) is 0 Å². The molecule has 1 aromatic carbocycles. The fraction of sp³-hybridized carbons (Fsp3) is 0.214. The van der Waals surface area contributed by atoms with Crippen LogP contribution in [0.2, 0.25) is 0 Å². The monoisotopic (exact) mass is 274 g/mol. The molecular formula is C14H14N2O4. The van der Waals surface area contributed by atoms with Crippen molar-refractivity contribution in [3.05, 3.63) is 64.0 Å². The number of non-ortho nitro benzene ring substituents is 1. The highest BCUT2D eigenvalue weighted by Gasteiger charge is 2.04. The van der Waals surface area contributed by atoms with Crippen LogP contribution in [-0.2, 0) is 13.0 Å². The largest absolute Gasteiger partial charge is 0.493 e. The number of nitro benzene ring substituents is 1. The molecule has 0 saturated carbocycles. The number of nitro groups is 1. The van der Waals surface area contributed by atoms with Crippen LogP contribution in [0.5, 0.6) is 5.75 Å². The Labute approximate surface area is 115 Å². The van der Waals surface area contributed by atoms with E-state index in [1.165, 1.54) is 12.1 Å². The molecule has 1 aromatic heterocycles.